The molecule has 0 aliphatic heterocycles. The summed E-state index contributed by atoms with van der Waals surface area (Å²) in [5.41, 5.74) is 1.32. The summed E-state index contributed by atoms with van der Waals surface area (Å²) < 4.78 is 7.11. The van der Waals surface area contributed by atoms with Crippen molar-refractivity contribution in [3.8, 4) is 11.8 Å². The molecule has 36 heavy (non-hydrogen) atoms. The normalized spacial score (nSPS) is 13.2. The summed E-state index contributed by atoms with van der Waals surface area (Å²) in [5, 5.41) is 3.01. The van der Waals surface area contributed by atoms with Gasteiger partial charge >= 0.3 is 11.7 Å². The molecule has 3 heterocycles. The van der Waals surface area contributed by atoms with Gasteiger partial charge in [0.2, 0.25) is 0 Å². The van der Waals surface area contributed by atoms with Gasteiger partial charge in [0.05, 0.1) is 10.9 Å². The van der Waals surface area contributed by atoms with Gasteiger partial charge in [0.25, 0.3) is 11.5 Å². The molecule has 184 valence electrons. The summed E-state index contributed by atoms with van der Waals surface area (Å²) >= 11 is 0. The van der Waals surface area contributed by atoms with Crippen LogP contribution in [0, 0.1) is 12.8 Å². The first kappa shape index (κ1) is 23.4. The number of aromatic amines is 1. The molecule has 1 saturated carbocycles. The van der Waals surface area contributed by atoms with Crippen molar-refractivity contribution < 1.29 is 9.53 Å². The van der Waals surface area contributed by atoms with Gasteiger partial charge in [0.15, 0.2) is 5.65 Å². The molecule has 1 aromatic carbocycles. The Balaban J connectivity index is 1.52. The van der Waals surface area contributed by atoms with Gasteiger partial charge < -0.3 is 10.1 Å². The second-order valence-corrected chi connectivity index (χ2v) is 9.40. The molecule has 1 aliphatic carbocycles. The zero-order chi connectivity index (χ0) is 25.4. The number of rotatable bonds is 7. The van der Waals surface area contributed by atoms with E-state index in [0.29, 0.717) is 18.0 Å². The van der Waals surface area contributed by atoms with Crippen LogP contribution < -0.4 is 21.3 Å². The van der Waals surface area contributed by atoms with Crippen molar-refractivity contribution in [3.05, 3.63) is 80.4 Å². The van der Waals surface area contributed by atoms with Crippen LogP contribution >= 0.6 is 0 Å². The van der Waals surface area contributed by atoms with Gasteiger partial charge in [-0.05, 0) is 61.6 Å². The molecule has 1 aliphatic rings. The van der Waals surface area contributed by atoms with Crippen LogP contribution in [-0.4, -0.2) is 30.4 Å². The summed E-state index contributed by atoms with van der Waals surface area (Å²) in [6, 6.07) is 8.77. The molecule has 1 fully saturated rings. The molecule has 0 unspecified atom stereocenters. The van der Waals surface area contributed by atoms with Gasteiger partial charge in [-0.3, -0.25) is 19.1 Å². The quantitative estimate of drug-likeness (QED) is 0.406. The maximum absolute atomic E-state index is 13.5. The van der Waals surface area contributed by atoms with E-state index < -0.39 is 17.2 Å². The van der Waals surface area contributed by atoms with Crippen molar-refractivity contribution in [2.45, 2.75) is 46.1 Å². The molecule has 3 aromatic heterocycles. The lowest BCUT2D eigenvalue weighted by atomic mass is 10.1. The average Bonchev–Trinajstić information content (AvgIpc) is 3.69. The van der Waals surface area contributed by atoms with Crippen LogP contribution in [0.3, 0.4) is 0 Å². The van der Waals surface area contributed by atoms with Crippen LogP contribution in [0.4, 0.5) is 5.69 Å². The summed E-state index contributed by atoms with van der Waals surface area (Å²) in [5.74, 6) is 0.440. The zero-order valence-electron chi connectivity index (χ0n) is 20.2. The van der Waals surface area contributed by atoms with E-state index in [-0.39, 0.29) is 34.4 Å². The highest BCUT2D eigenvalue weighted by molar-refractivity contribution is 6.12. The molecule has 10 heteroatoms. The fourth-order valence-corrected chi connectivity index (χ4v) is 4.07. The van der Waals surface area contributed by atoms with Crippen molar-refractivity contribution >= 4 is 22.6 Å². The summed E-state index contributed by atoms with van der Waals surface area (Å²) in [6.07, 6.45) is 5.09. The topological polar surface area (TPSA) is 132 Å². The molecule has 5 rings (SSSR count). The van der Waals surface area contributed by atoms with Crippen molar-refractivity contribution in [1.29, 1.82) is 0 Å². The van der Waals surface area contributed by atoms with Gasteiger partial charge in [-0.15, -0.1) is 0 Å². The number of H-pyrrole nitrogens is 1. The number of nitrogens with one attached hydrogen (secondary N) is 2. The number of aryl methyl sites for hydroxylation is 1. The summed E-state index contributed by atoms with van der Waals surface area (Å²) in [6.45, 7) is 6.16. The lowest BCUT2D eigenvalue weighted by molar-refractivity contribution is 0.102. The number of pyridine rings is 1. The van der Waals surface area contributed by atoms with E-state index in [2.05, 4.69) is 25.3 Å². The van der Waals surface area contributed by atoms with Crippen LogP contribution in [0.15, 0.2) is 52.3 Å². The van der Waals surface area contributed by atoms with Crippen molar-refractivity contribution in [3.63, 3.8) is 0 Å². The molecule has 0 atom stereocenters. The third-order valence-electron chi connectivity index (χ3n) is 5.95. The van der Waals surface area contributed by atoms with Gasteiger partial charge in [0, 0.05) is 36.2 Å². The van der Waals surface area contributed by atoms with Gasteiger partial charge in [-0.2, -0.15) is 0 Å². The van der Waals surface area contributed by atoms with E-state index in [1.165, 1.54) is 4.57 Å². The molecule has 0 saturated heterocycles. The van der Waals surface area contributed by atoms with Crippen LogP contribution in [0.5, 0.6) is 11.8 Å². The molecule has 0 spiro atoms. The van der Waals surface area contributed by atoms with Crippen LogP contribution in [0.1, 0.15) is 54.2 Å². The highest BCUT2D eigenvalue weighted by atomic mass is 16.5. The minimum Gasteiger partial charge on any atom is -0.424 e. The van der Waals surface area contributed by atoms with Crippen molar-refractivity contribution in [1.82, 2.24) is 24.5 Å². The van der Waals surface area contributed by atoms with E-state index in [1.807, 2.05) is 20.8 Å². The fraction of sp³-hybridized carbons (Fsp3) is 0.308. The maximum atomic E-state index is 13.5. The smallest absolute Gasteiger partial charge is 0.330 e. The van der Waals surface area contributed by atoms with Crippen LogP contribution in [0.25, 0.3) is 11.0 Å². The third-order valence-corrected chi connectivity index (χ3v) is 5.95. The number of aromatic nitrogens is 5. The zero-order valence-corrected chi connectivity index (χ0v) is 20.2. The largest absolute Gasteiger partial charge is 0.424 e. The van der Waals surface area contributed by atoms with Crippen LogP contribution in [-0.2, 0) is 6.54 Å². The Morgan fingerprint density at radius 2 is 1.94 bits per heavy atom. The number of ether oxygens (including phenoxy) is 1. The summed E-state index contributed by atoms with van der Waals surface area (Å²) in [4.78, 5) is 54.1. The van der Waals surface area contributed by atoms with E-state index >= 15 is 0 Å². The molecular formula is C26H26N6O4. The Hall–Kier alpha value is -4.34. The molecule has 0 bridgehead atoms. The Morgan fingerprint density at radius 3 is 2.61 bits per heavy atom. The third kappa shape index (κ3) is 4.74. The predicted octanol–water partition coefficient (Wildman–Crippen LogP) is 3.76. The minimum absolute atomic E-state index is 0.107. The number of carbonyl (C=O) groups excluding carboxylic acids is 1. The van der Waals surface area contributed by atoms with Gasteiger partial charge in [0.1, 0.15) is 5.75 Å². The molecule has 0 radical (unpaired) electrons. The van der Waals surface area contributed by atoms with E-state index in [1.54, 1.807) is 42.7 Å². The number of nitrogens with zero attached hydrogens (tertiary/aromatic N) is 4. The first-order valence-electron chi connectivity index (χ1n) is 11.8. The average molecular weight is 487 g/mol. The second-order valence-electron chi connectivity index (χ2n) is 9.40. The molecular weight excluding hydrogens is 460 g/mol. The molecule has 1 amide bonds. The number of anilines is 1. The lowest BCUT2D eigenvalue weighted by Gasteiger charge is -2.15. The Labute approximate surface area is 206 Å². The molecule has 2 N–H and O–H groups in total. The fourth-order valence-electron chi connectivity index (χ4n) is 4.07. The number of carbonyl (C=O) groups is 1. The second kappa shape index (κ2) is 9.37. The van der Waals surface area contributed by atoms with Gasteiger partial charge in [-0.1, -0.05) is 13.8 Å². The van der Waals surface area contributed by atoms with E-state index in [0.717, 1.165) is 24.1 Å². The lowest BCUT2D eigenvalue weighted by Crippen LogP contribution is -2.33. The van der Waals surface area contributed by atoms with E-state index in [9.17, 15) is 14.4 Å². The number of hydrogen-bond donors (Lipinski definition) is 2. The van der Waals surface area contributed by atoms with Crippen LogP contribution in [0.2, 0.25) is 0 Å². The Kier molecular flexibility index (Phi) is 6.09. The predicted molar refractivity (Wildman–Crippen MR) is 135 cm³/mol. The monoisotopic (exact) mass is 486 g/mol. The SMILES string of the molecule is Cc1cc(Oc2ncccn2)ccc1NC(=O)c1cc(C2CC2)nc2c1c(=O)[nH]c(=O)n2CC(C)C. The highest BCUT2D eigenvalue weighted by Gasteiger charge is 2.29. The molecule has 10 nitrogen and oxygen atoms in total. The standard InChI is InChI=1S/C26H26N6O4/c1-14(2)13-32-22-21(24(34)31-26(32)35)18(12-20(29-22)16-5-6-16)23(33)30-19-8-7-17(11-15(19)3)36-25-27-9-4-10-28-25/h4,7-12,14,16H,5-6,13H2,1-3H3,(H,30,33)(H,31,34,35). The maximum Gasteiger partial charge on any atom is 0.330 e. The highest BCUT2D eigenvalue weighted by Crippen LogP contribution is 2.40. The van der Waals surface area contributed by atoms with Crippen molar-refractivity contribution in [2.75, 3.05) is 5.32 Å². The number of hydrogen-bond acceptors (Lipinski definition) is 7. The van der Waals surface area contributed by atoms with Crippen molar-refractivity contribution in [2.24, 2.45) is 5.92 Å². The Bertz CT molecular complexity index is 1570. The van der Waals surface area contributed by atoms with Gasteiger partial charge in [-0.25, -0.2) is 19.7 Å². The number of benzene rings is 1. The summed E-state index contributed by atoms with van der Waals surface area (Å²) in [7, 11) is 0. The molecule has 4 aromatic rings. The Morgan fingerprint density at radius 1 is 1.19 bits per heavy atom. The first-order chi connectivity index (χ1) is 17.3. The van der Waals surface area contributed by atoms with E-state index in [4.69, 9.17) is 4.74 Å². The number of fused-ring (bicyclic) bond motifs is 1. The first-order valence-corrected chi connectivity index (χ1v) is 11.8. The number of amides is 1. The minimum atomic E-state index is -0.627.